The molecule has 3 rings (SSSR count). The molecule has 0 saturated carbocycles. The van der Waals surface area contributed by atoms with E-state index in [4.69, 9.17) is 0 Å². The minimum Gasteiger partial charge on any atom is -0.357 e. The van der Waals surface area contributed by atoms with E-state index in [1.54, 1.807) is 7.05 Å². The zero-order valence-corrected chi connectivity index (χ0v) is 14.0. The molecular weight excluding hydrogens is 352 g/mol. The van der Waals surface area contributed by atoms with E-state index in [-0.39, 0.29) is 0 Å². The fourth-order valence-corrected chi connectivity index (χ4v) is 2.56. The number of hydrogen-bond acceptors (Lipinski definition) is 4. The summed E-state index contributed by atoms with van der Waals surface area (Å²) in [6.07, 6.45) is 0. The zero-order chi connectivity index (χ0) is 16.2. The summed E-state index contributed by atoms with van der Waals surface area (Å²) in [6, 6.07) is 19.7. The highest BCUT2D eigenvalue weighted by atomic mass is 79.9. The second kappa shape index (κ2) is 6.59. The number of benzene rings is 2. The number of rotatable bonds is 3. The van der Waals surface area contributed by atoms with Crippen molar-refractivity contribution in [3.05, 3.63) is 64.6 Å². The first-order valence-corrected chi connectivity index (χ1v) is 7.83. The summed E-state index contributed by atoms with van der Waals surface area (Å²) in [5, 5.41) is 12.6. The molecule has 1 heterocycles. The van der Waals surface area contributed by atoms with Gasteiger partial charge in [-0.25, -0.2) is 9.97 Å². The number of halogens is 1. The first-order valence-electron chi connectivity index (χ1n) is 7.04. The van der Waals surface area contributed by atoms with Crippen molar-refractivity contribution in [3.8, 4) is 28.6 Å². The second-order valence-corrected chi connectivity index (χ2v) is 5.77. The third-order valence-corrected chi connectivity index (χ3v) is 3.94. The molecular formula is C18H13BrN4. The summed E-state index contributed by atoms with van der Waals surface area (Å²) in [7, 11) is 1.77. The van der Waals surface area contributed by atoms with Gasteiger partial charge in [-0.1, -0.05) is 58.4 Å². The van der Waals surface area contributed by atoms with Gasteiger partial charge in [-0.15, -0.1) is 0 Å². The van der Waals surface area contributed by atoms with Crippen LogP contribution in [0.3, 0.4) is 0 Å². The standard InChI is InChI=1S/C18H13BrN4/c1-21-18-22-16(12-5-3-2-4-6-12)15(11-20)17(23-18)13-7-9-14(19)10-8-13/h2-10H,1H3,(H,21,22,23). The molecule has 4 nitrogen and oxygen atoms in total. The smallest absolute Gasteiger partial charge is 0.223 e. The van der Waals surface area contributed by atoms with Crippen LogP contribution >= 0.6 is 15.9 Å². The average Bonchev–Trinajstić information content (AvgIpc) is 2.62. The van der Waals surface area contributed by atoms with E-state index in [9.17, 15) is 5.26 Å². The Kier molecular flexibility index (Phi) is 4.35. The molecule has 0 radical (unpaired) electrons. The maximum atomic E-state index is 9.68. The van der Waals surface area contributed by atoms with Crippen LogP contribution in [-0.4, -0.2) is 17.0 Å². The Hall–Kier alpha value is -2.71. The van der Waals surface area contributed by atoms with E-state index in [1.807, 2.05) is 54.6 Å². The molecule has 0 fully saturated rings. The fraction of sp³-hybridized carbons (Fsp3) is 0.0556. The third-order valence-electron chi connectivity index (χ3n) is 3.41. The molecule has 0 unspecified atom stereocenters. The molecule has 1 N–H and O–H groups in total. The SMILES string of the molecule is CNc1nc(-c2ccccc2)c(C#N)c(-c2ccc(Br)cc2)n1. The lowest BCUT2D eigenvalue weighted by atomic mass is 10.0. The molecule has 0 atom stereocenters. The lowest BCUT2D eigenvalue weighted by Crippen LogP contribution is -2.03. The molecule has 0 amide bonds. The van der Waals surface area contributed by atoms with Crippen molar-refractivity contribution in [2.24, 2.45) is 0 Å². The highest BCUT2D eigenvalue weighted by Crippen LogP contribution is 2.31. The minimum atomic E-state index is 0.470. The van der Waals surface area contributed by atoms with Gasteiger partial charge in [0.25, 0.3) is 0 Å². The van der Waals surface area contributed by atoms with Crippen LogP contribution in [-0.2, 0) is 0 Å². The Balaban J connectivity index is 2.28. The van der Waals surface area contributed by atoms with Crippen LogP contribution in [0.1, 0.15) is 5.56 Å². The predicted molar refractivity (Wildman–Crippen MR) is 94.9 cm³/mol. The molecule has 3 aromatic rings. The van der Waals surface area contributed by atoms with E-state index >= 15 is 0 Å². The van der Waals surface area contributed by atoms with E-state index < -0.39 is 0 Å². The van der Waals surface area contributed by atoms with Crippen molar-refractivity contribution in [2.45, 2.75) is 0 Å². The van der Waals surface area contributed by atoms with Crippen LogP contribution in [0.15, 0.2) is 59.1 Å². The summed E-state index contributed by atoms with van der Waals surface area (Å²) in [5.41, 5.74) is 3.49. The maximum absolute atomic E-state index is 9.68. The number of nitrogens with zero attached hydrogens (tertiary/aromatic N) is 3. The van der Waals surface area contributed by atoms with Gasteiger partial charge >= 0.3 is 0 Å². The van der Waals surface area contributed by atoms with E-state index in [0.717, 1.165) is 15.6 Å². The summed E-state index contributed by atoms with van der Waals surface area (Å²) < 4.78 is 0.978. The number of aromatic nitrogens is 2. The van der Waals surface area contributed by atoms with Crippen LogP contribution in [0.5, 0.6) is 0 Å². The van der Waals surface area contributed by atoms with Crippen molar-refractivity contribution in [3.63, 3.8) is 0 Å². The molecule has 23 heavy (non-hydrogen) atoms. The first kappa shape index (κ1) is 15.2. The Morgan fingerprint density at radius 3 is 2.00 bits per heavy atom. The quantitative estimate of drug-likeness (QED) is 0.743. The van der Waals surface area contributed by atoms with Crippen LogP contribution in [0.2, 0.25) is 0 Å². The Bertz CT molecular complexity index is 868. The van der Waals surface area contributed by atoms with Gasteiger partial charge in [0.05, 0.1) is 11.4 Å². The van der Waals surface area contributed by atoms with Crippen molar-refractivity contribution in [1.82, 2.24) is 9.97 Å². The van der Waals surface area contributed by atoms with Gasteiger partial charge in [-0.2, -0.15) is 5.26 Å². The van der Waals surface area contributed by atoms with Gasteiger partial charge in [0.1, 0.15) is 11.6 Å². The van der Waals surface area contributed by atoms with E-state index in [0.29, 0.717) is 22.9 Å². The lowest BCUT2D eigenvalue weighted by Gasteiger charge is -2.11. The van der Waals surface area contributed by atoms with Crippen LogP contribution in [0.25, 0.3) is 22.5 Å². The fourth-order valence-electron chi connectivity index (χ4n) is 2.30. The Labute approximate surface area is 143 Å². The van der Waals surface area contributed by atoms with Gasteiger partial charge < -0.3 is 5.32 Å². The molecule has 1 aromatic heterocycles. The highest BCUT2D eigenvalue weighted by Gasteiger charge is 2.16. The molecule has 0 aliphatic heterocycles. The normalized spacial score (nSPS) is 10.1. The number of nitrogens with one attached hydrogen (secondary N) is 1. The summed E-state index contributed by atoms with van der Waals surface area (Å²) in [5.74, 6) is 0.487. The molecule has 2 aromatic carbocycles. The van der Waals surface area contributed by atoms with Gasteiger partial charge in [0.2, 0.25) is 5.95 Å². The Morgan fingerprint density at radius 2 is 1.48 bits per heavy atom. The largest absolute Gasteiger partial charge is 0.357 e. The van der Waals surface area contributed by atoms with E-state index in [1.165, 1.54) is 0 Å². The minimum absolute atomic E-state index is 0.470. The van der Waals surface area contributed by atoms with E-state index in [2.05, 4.69) is 37.3 Å². The first-order chi connectivity index (χ1) is 11.2. The molecule has 0 spiro atoms. The summed E-state index contributed by atoms with van der Waals surface area (Å²) in [4.78, 5) is 8.97. The van der Waals surface area contributed by atoms with Crippen molar-refractivity contribution in [1.29, 1.82) is 5.26 Å². The number of hydrogen-bond donors (Lipinski definition) is 1. The van der Waals surface area contributed by atoms with Gasteiger partial charge in [-0.3, -0.25) is 0 Å². The molecule has 5 heteroatoms. The lowest BCUT2D eigenvalue weighted by molar-refractivity contribution is 1.15. The van der Waals surface area contributed by atoms with Crippen molar-refractivity contribution in [2.75, 3.05) is 12.4 Å². The van der Waals surface area contributed by atoms with Gasteiger partial charge in [0, 0.05) is 22.6 Å². The van der Waals surface area contributed by atoms with Crippen LogP contribution in [0.4, 0.5) is 5.95 Å². The molecule has 112 valence electrons. The molecule has 0 saturated heterocycles. The third kappa shape index (κ3) is 3.08. The number of nitriles is 1. The maximum Gasteiger partial charge on any atom is 0.223 e. The van der Waals surface area contributed by atoms with Gasteiger partial charge in [-0.05, 0) is 12.1 Å². The Morgan fingerprint density at radius 1 is 0.913 bits per heavy atom. The van der Waals surface area contributed by atoms with Gasteiger partial charge in [0.15, 0.2) is 0 Å². The average molecular weight is 365 g/mol. The zero-order valence-electron chi connectivity index (χ0n) is 12.4. The molecule has 0 aliphatic rings. The predicted octanol–water partition coefficient (Wildman–Crippen LogP) is 4.49. The molecule has 0 bridgehead atoms. The van der Waals surface area contributed by atoms with Crippen molar-refractivity contribution < 1.29 is 0 Å². The second-order valence-electron chi connectivity index (χ2n) is 4.85. The molecule has 0 aliphatic carbocycles. The van der Waals surface area contributed by atoms with Crippen LogP contribution < -0.4 is 5.32 Å². The van der Waals surface area contributed by atoms with Crippen LogP contribution in [0, 0.1) is 11.3 Å². The number of anilines is 1. The van der Waals surface area contributed by atoms with Crippen molar-refractivity contribution >= 4 is 21.9 Å². The topological polar surface area (TPSA) is 61.6 Å². The summed E-state index contributed by atoms with van der Waals surface area (Å²) >= 11 is 3.42. The highest BCUT2D eigenvalue weighted by molar-refractivity contribution is 9.10. The summed E-state index contributed by atoms with van der Waals surface area (Å²) in [6.45, 7) is 0. The monoisotopic (exact) mass is 364 g/mol.